The number of hydrogen-bond acceptors (Lipinski definition) is 7. The zero-order valence-corrected chi connectivity index (χ0v) is 22.1. The molecule has 0 aliphatic rings. The molecule has 5 rings (SSSR count). The standard InChI is InChI=1S/C32H31FN6O/c33-27-17-25(19-38(21-28-9-1-5-13-34-28)22-29-10-2-6-14-35-29)32(40)26(18-27)20-39(23-30-11-3-7-15-36-30)24-31-12-4-8-16-37-31/h1-18,40H,19-24H2. The van der Waals surface area contributed by atoms with E-state index in [1.807, 2.05) is 72.8 Å². The van der Waals surface area contributed by atoms with E-state index in [0.29, 0.717) is 50.4 Å². The zero-order valence-electron chi connectivity index (χ0n) is 22.1. The molecule has 8 heteroatoms. The van der Waals surface area contributed by atoms with Crippen LogP contribution >= 0.6 is 0 Å². The summed E-state index contributed by atoms with van der Waals surface area (Å²) in [5.41, 5.74) is 4.55. The van der Waals surface area contributed by atoms with Gasteiger partial charge in [0.15, 0.2) is 0 Å². The quantitative estimate of drug-likeness (QED) is 0.226. The highest BCUT2D eigenvalue weighted by atomic mass is 19.1. The SMILES string of the molecule is Oc1c(CN(Cc2ccccn2)Cc2ccccn2)cc(F)cc1CN(Cc1ccccn1)Cc1ccccn1. The Bertz CT molecular complexity index is 1280. The van der Waals surface area contributed by atoms with E-state index in [-0.39, 0.29) is 5.75 Å². The van der Waals surface area contributed by atoms with Gasteiger partial charge in [0.1, 0.15) is 11.6 Å². The highest BCUT2D eigenvalue weighted by Gasteiger charge is 2.18. The molecular formula is C32H31FN6O. The predicted molar refractivity (Wildman–Crippen MR) is 151 cm³/mol. The van der Waals surface area contributed by atoms with Gasteiger partial charge in [-0.2, -0.15) is 0 Å². The molecule has 0 saturated carbocycles. The number of aromatic nitrogens is 4. The Balaban J connectivity index is 1.40. The third-order valence-corrected chi connectivity index (χ3v) is 6.47. The van der Waals surface area contributed by atoms with Crippen molar-refractivity contribution in [3.05, 3.63) is 149 Å². The Morgan fingerprint density at radius 3 is 1.10 bits per heavy atom. The summed E-state index contributed by atoms with van der Waals surface area (Å²) in [7, 11) is 0. The molecule has 0 spiro atoms. The highest BCUT2D eigenvalue weighted by Crippen LogP contribution is 2.28. The Morgan fingerprint density at radius 1 is 0.500 bits per heavy atom. The van der Waals surface area contributed by atoms with Gasteiger partial charge in [0.05, 0.1) is 22.8 Å². The predicted octanol–water partition coefficient (Wildman–Crippen LogP) is 5.52. The van der Waals surface area contributed by atoms with E-state index in [9.17, 15) is 5.11 Å². The smallest absolute Gasteiger partial charge is 0.124 e. The molecule has 4 aromatic heterocycles. The summed E-state index contributed by atoms with van der Waals surface area (Å²) in [5, 5.41) is 11.4. The number of hydrogen-bond donors (Lipinski definition) is 1. The molecular weight excluding hydrogens is 503 g/mol. The molecule has 202 valence electrons. The molecule has 7 nitrogen and oxygen atoms in total. The van der Waals surface area contributed by atoms with Crippen molar-refractivity contribution < 1.29 is 9.50 Å². The van der Waals surface area contributed by atoms with Gasteiger partial charge in [-0.05, 0) is 60.7 Å². The van der Waals surface area contributed by atoms with E-state index in [2.05, 4.69) is 29.7 Å². The van der Waals surface area contributed by atoms with E-state index >= 15 is 4.39 Å². The normalized spacial score (nSPS) is 11.3. The van der Waals surface area contributed by atoms with E-state index < -0.39 is 5.82 Å². The van der Waals surface area contributed by atoms with Gasteiger partial charge in [-0.3, -0.25) is 29.7 Å². The summed E-state index contributed by atoms with van der Waals surface area (Å²) in [6.07, 6.45) is 7.02. The number of halogens is 1. The van der Waals surface area contributed by atoms with Crippen LogP contribution in [0.1, 0.15) is 33.9 Å². The molecule has 1 aromatic carbocycles. The van der Waals surface area contributed by atoms with Crippen molar-refractivity contribution >= 4 is 0 Å². The van der Waals surface area contributed by atoms with Crippen LogP contribution in [0.2, 0.25) is 0 Å². The molecule has 0 atom stereocenters. The maximum atomic E-state index is 15.0. The second-order valence-electron chi connectivity index (χ2n) is 9.65. The third kappa shape index (κ3) is 7.75. The maximum Gasteiger partial charge on any atom is 0.124 e. The fourth-order valence-electron chi connectivity index (χ4n) is 4.66. The number of aromatic hydroxyl groups is 1. The van der Waals surface area contributed by atoms with Gasteiger partial charge in [0, 0.05) is 75.2 Å². The second kappa shape index (κ2) is 13.5. The molecule has 0 aliphatic carbocycles. The largest absolute Gasteiger partial charge is 0.507 e. The fraction of sp³-hybridized carbons (Fsp3) is 0.188. The van der Waals surface area contributed by atoms with Gasteiger partial charge in [-0.25, -0.2) is 4.39 Å². The lowest BCUT2D eigenvalue weighted by molar-refractivity contribution is 0.230. The molecule has 0 saturated heterocycles. The van der Waals surface area contributed by atoms with E-state index in [4.69, 9.17) is 0 Å². The highest BCUT2D eigenvalue weighted by molar-refractivity contribution is 5.41. The first-order chi connectivity index (χ1) is 19.6. The summed E-state index contributed by atoms with van der Waals surface area (Å²) in [6.45, 7) is 2.74. The van der Waals surface area contributed by atoms with Gasteiger partial charge in [0.25, 0.3) is 0 Å². The van der Waals surface area contributed by atoms with Crippen molar-refractivity contribution in [2.75, 3.05) is 0 Å². The van der Waals surface area contributed by atoms with Crippen molar-refractivity contribution in [2.24, 2.45) is 0 Å². The van der Waals surface area contributed by atoms with Crippen molar-refractivity contribution in [3.8, 4) is 5.75 Å². The maximum absolute atomic E-state index is 15.0. The van der Waals surface area contributed by atoms with Crippen LogP contribution in [-0.4, -0.2) is 34.8 Å². The van der Waals surface area contributed by atoms with Gasteiger partial charge >= 0.3 is 0 Å². The Hall–Kier alpha value is -4.53. The average Bonchev–Trinajstić information content (AvgIpc) is 2.97. The molecule has 1 N–H and O–H groups in total. The van der Waals surface area contributed by atoms with Crippen LogP contribution in [-0.2, 0) is 39.3 Å². The Kier molecular flexibility index (Phi) is 9.13. The summed E-state index contributed by atoms with van der Waals surface area (Å²) in [5.74, 6) is -0.311. The molecule has 0 fully saturated rings. The first kappa shape index (κ1) is 27.1. The van der Waals surface area contributed by atoms with Crippen LogP contribution in [0.4, 0.5) is 4.39 Å². The number of rotatable bonds is 12. The first-order valence-corrected chi connectivity index (χ1v) is 13.2. The molecule has 0 aliphatic heterocycles. The molecule has 40 heavy (non-hydrogen) atoms. The Morgan fingerprint density at radius 2 is 0.825 bits per heavy atom. The van der Waals surface area contributed by atoms with Crippen LogP contribution in [0.15, 0.2) is 110 Å². The fourth-order valence-corrected chi connectivity index (χ4v) is 4.66. The van der Waals surface area contributed by atoms with E-state index in [1.165, 1.54) is 12.1 Å². The first-order valence-electron chi connectivity index (χ1n) is 13.2. The number of nitrogens with zero attached hydrogens (tertiary/aromatic N) is 6. The van der Waals surface area contributed by atoms with Crippen molar-refractivity contribution in [1.29, 1.82) is 0 Å². The topological polar surface area (TPSA) is 78.3 Å². The number of phenols is 1. The Labute approximate surface area is 233 Å². The molecule has 0 amide bonds. The zero-order chi connectivity index (χ0) is 27.6. The van der Waals surface area contributed by atoms with E-state index in [1.54, 1.807) is 24.8 Å². The lowest BCUT2D eigenvalue weighted by Crippen LogP contribution is -2.25. The number of pyridine rings is 4. The minimum Gasteiger partial charge on any atom is -0.507 e. The van der Waals surface area contributed by atoms with Gasteiger partial charge < -0.3 is 5.11 Å². The minimum absolute atomic E-state index is 0.0838. The molecule has 0 radical (unpaired) electrons. The second-order valence-corrected chi connectivity index (χ2v) is 9.65. The van der Waals surface area contributed by atoms with Crippen molar-refractivity contribution in [3.63, 3.8) is 0 Å². The van der Waals surface area contributed by atoms with Crippen LogP contribution < -0.4 is 0 Å². The van der Waals surface area contributed by atoms with Crippen LogP contribution in [0.3, 0.4) is 0 Å². The minimum atomic E-state index is -0.394. The van der Waals surface area contributed by atoms with E-state index in [0.717, 1.165) is 22.8 Å². The summed E-state index contributed by atoms with van der Waals surface area (Å²) in [4.78, 5) is 22.0. The molecule has 0 bridgehead atoms. The number of benzene rings is 1. The molecule has 5 aromatic rings. The lowest BCUT2D eigenvalue weighted by atomic mass is 10.1. The van der Waals surface area contributed by atoms with Crippen LogP contribution in [0.5, 0.6) is 5.75 Å². The van der Waals surface area contributed by atoms with Gasteiger partial charge in [-0.15, -0.1) is 0 Å². The summed E-state index contributed by atoms with van der Waals surface area (Å²) in [6, 6.07) is 25.9. The van der Waals surface area contributed by atoms with Crippen LogP contribution in [0.25, 0.3) is 0 Å². The summed E-state index contributed by atoms with van der Waals surface area (Å²) >= 11 is 0. The van der Waals surface area contributed by atoms with Gasteiger partial charge in [-0.1, -0.05) is 24.3 Å². The third-order valence-electron chi connectivity index (χ3n) is 6.47. The van der Waals surface area contributed by atoms with Crippen molar-refractivity contribution in [2.45, 2.75) is 39.3 Å². The molecule has 4 heterocycles. The number of phenolic OH excluding ortho intramolecular Hbond substituents is 1. The average molecular weight is 535 g/mol. The van der Waals surface area contributed by atoms with Gasteiger partial charge in [0.2, 0.25) is 0 Å². The van der Waals surface area contributed by atoms with Crippen LogP contribution in [0, 0.1) is 5.82 Å². The molecule has 0 unspecified atom stereocenters. The summed E-state index contributed by atoms with van der Waals surface area (Å²) < 4.78 is 15.0. The van der Waals surface area contributed by atoms with Crippen molar-refractivity contribution in [1.82, 2.24) is 29.7 Å². The monoisotopic (exact) mass is 534 g/mol. The lowest BCUT2D eigenvalue weighted by Gasteiger charge is -2.25.